The lowest BCUT2D eigenvalue weighted by atomic mass is 9.95. The quantitative estimate of drug-likeness (QED) is 0.782. The van der Waals surface area contributed by atoms with E-state index < -0.39 is 0 Å². The Balaban J connectivity index is 1.24. The van der Waals surface area contributed by atoms with Gasteiger partial charge in [-0.3, -0.25) is 0 Å². The van der Waals surface area contributed by atoms with Crippen molar-refractivity contribution in [3.05, 3.63) is 59.7 Å². The minimum absolute atomic E-state index is 0.129. The minimum atomic E-state index is -0.258. The summed E-state index contributed by atoms with van der Waals surface area (Å²) in [6.45, 7) is 0.397. The molecule has 2 bridgehead atoms. The van der Waals surface area contributed by atoms with Crippen molar-refractivity contribution in [1.29, 1.82) is 0 Å². The molecule has 2 atom stereocenters. The molecule has 2 aromatic rings. The highest BCUT2D eigenvalue weighted by Crippen LogP contribution is 2.44. The SMILES string of the molecule is O=C(NC1CC2CCCC(C1)S2)OCC1c2ccccc2-c2ccccc21. The van der Waals surface area contributed by atoms with Gasteiger partial charge in [-0.2, -0.15) is 11.8 Å². The van der Waals surface area contributed by atoms with Crippen molar-refractivity contribution in [3.8, 4) is 11.1 Å². The summed E-state index contributed by atoms with van der Waals surface area (Å²) >= 11 is 2.13. The van der Waals surface area contributed by atoms with Gasteiger partial charge in [0, 0.05) is 22.5 Å². The molecule has 3 aliphatic rings. The fraction of sp³-hybridized carbons (Fsp3) is 0.435. The van der Waals surface area contributed by atoms with Gasteiger partial charge < -0.3 is 10.1 Å². The molecule has 4 heteroatoms. The lowest BCUT2D eigenvalue weighted by Crippen LogP contribution is -2.43. The van der Waals surface area contributed by atoms with E-state index in [0.717, 1.165) is 23.3 Å². The molecule has 27 heavy (non-hydrogen) atoms. The molecule has 2 heterocycles. The molecule has 2 aliphatic heterocycles. The van der Waals surface area contributed by atoms with E-state index in [-0.39, 0.29) is 18.1 Å². The number of thioether (sulfide) groups is 1. The number of alkyl carbamates (subject to hydrolysis) is 1. The molecule has 1 aliphatic carbocycles. The normalized spacial score (nSPS) is 26.1. The predicted octanol–water partition coefficient (Wildman–Crippen LogP) is 5.34. The smallest absolute Gasteiger partial charge is 0.407 e. The molecule has 2 unspecified atom stereocenters. The maximum Gasteiger partial charge on any atom is 0.407 e. The molecule has 140 valence electrons. The molecule has 3 nitrogen and oxygen atoms in total. The Labute approximate surface area is 164 Å². The highest BCUT2D eigenvalue weighted by Gasteiger charge is 2.34. The highest BCUT2D eigenvalue weighted by molar-refractivity contribution is 8.00. The maximum atomic E-state index is 12.5. The third kappa shape index (κ3) is 3.36. The number of hydrogen-bond donors (Lipinski definition) is 1. The number of hydrogen-bond acceptors (Lipinski definition) is 3. The summed E-state index contributed by atoms with van der Waals surface area (Å²) in [7, 11) is 0. The average Bonchev–Trinajstić information content (AvgIpc) is 3.00. The van der Waals surface area contributed by atoms with Crippen LogP contribution in [0.15, 0.2) is 48.5 Å². The lowest BCUT2D eigenvalue weighted by molar-refractivity contribution is 0.137. The zero-order valence-electron chi connectivity index (χ0n) is 15.4. The zero-order valence-corrected chi connectivity index (χ0v) is 16.2. The van der Waals surface area contributed by atoms with Crippen molar-refractivity contribution in [2.75, 3.05) is 6.61 Å². The van der Waals surface area contributed by atoms with E-state index in [1.54, 1.807) is 0 Å². The molecule has 2 aromatic carbocycles. The second-order valence-electron chi connectivity index (χ2n) is 7.95. The van der Waals surface area contributed by atoms with Crippen molar-refractivity contribution >= 4 is 17.9 Å². The third-order valence-electron chi connectivity index (χ3n) is 6.20. The molecule has 0 aromatic heterocycles. The van der Waals surface area contributed by atoms with Gasteiger partial charge in [-0.15, -0.1) is 0 Å². The van der Waals surface area contributed by atoms with Crippen molar-refractivity contribution in [1.82, 2.24) is 5.32 Å². The molecule has 1 amide bonds. The van der Waals surface area contributed by atoms with E-state index >= 15 is 0 Å². The van der Waals surface area contributed by atoms with Crippen molar-refractivity contribution in [2.45, 2.75) is 54.6 Å². The Kier molecular flexibility index (Phi) is 4.60. The third-order valence-corrected chi connectivity index (χ3v) is 7.82. The second kappa shape index (κ2) is 7.23. The topological polar surface area (TPSA) is 38.3 Å². The monoisotopic (exact) mass is 379 g/mol. The standard InChI is InChI=1S/C23H25NO2S/c25-23(24-15-12-16-6-5-7-17(13-15)27-16)26-14-22-20-10-3-1-8-18(20)19-9-2-4-11-21(19)22/h1-4,8-11,15-17,22H,5-7,12-14H2,(H,24,25). The minimum Gasteiger partial charge on any atom is -0.449 e. The van der Waals surface area contributed by atoms with Crippen LogP contribution in [-0.4, -0.2) is 29.2 Å². The summed E-state index contributed by atoms with van der Waals surface area (Å²) in [6, 6.07) is 17.2. The highest BCUT2D eigenvalue weighted by atomic mass is 32.2. The molecule has 5 rings (SSSR count). The Morgan fingerprint density at radius 1 is 0.963 bits per heavy atom. The average molecular weight is 380 g/mol. The first kappa shape index (κ1) is 17.2. The summed E-state index contributed by atoms with van der Waals surface area (Å²) < 4.78 is 5.71. The van der Waals surface area contributed by atoms with Gasteiger partial charge in [-0.05, 0) is 47.9 Å². The lowest BCUT2D eigenvalue weighted by Gasteiger charge is -2.38. The maximum absolute atomic E-state index is 12.5. The van der Waals surface area contributed by atoms with Gasteiger partial charge in [0.25, 0.3) is 0 Å². The first-order chi connectivity index (χ1) is 13.3. The van der Waals surface area contributed by atoms with Crippen LogP contribution in [0.4, 0.5) is 4.79 Å². The first-order valence-electron chi connectivity index (χ1n) is 10.0. The number of carbonyl (C=O) groups is 1. The second-order valence-corrected chi connectivity index (χ2v) is 9.55. The van der Waals surface area contributed by atoms with Gasteiger partial charge in [0.2, 0.25) is 0 Å². The molecule has 2 saturated heterocycles. The van der Waals surface area contributed by atoms with Crippen LogP contribution in [0.1, 0.15) is 49.1 Å². The van der Waals surface area contributed by atoms with Crippen molar-refractivity contribution < 1.29 is 9.53 Å². The summed E-state index contributed by atoms with van der Waals surface area (Å²) in [5.74, 6) is 0.129. The van der Waals surface area contributed by atoms with Gasteiger partial charge in [-0.1, -0.05) is 55.0 Å². The van der Waals surface area contributed by atoms with Crippen LogP contribution in [-0.2, 0) is 4.74 Å². The molecule has 0 spiro atoms. The van der Waals surface area contributed by atoms with Crippen LogP contribution < -0.4 is 5.32 Å². The molecular weight excluding hydrogens is 354 g/mol. The molecule has 0 saturated carbocycles. The van der Waals surface area contributed by atoms with Crippen LogP contribution in [0.2, 0.25) is 0 Å². The number of amides is 1. The van der Waals surface area contributed by atoms with E-state index in [1.165, 1.54) is 41.5 Å². The summed E-state index contributed by atoms with van der Waals surface area (Å²) in [6.07, 6.45) is 5.86. The largest absolute Gasteiger partial charge is 0.449 e. The number of ether oxygens (including phenoxy) is 1. The van der Waals surface area contributed by atoms with Crippen molar-refractivity contribution in [3.63, 3.8) is 0 Å². The van der Waals surface area contributed by atoms with Gasteiger partial charge >= 0.3 is 6.09 Å². The van der Waals surface area contributed by atoms with Crippen LogP contribution in [0.5, 0.6) is 0 Å². The zero-order chi connectivity index (χ0) is 18.2. The molecule has 0 radical (unpaired) electrons. The number of fused-ring (bicyclic) bond motifs is 5. The van der Waals surface area contributed by atoms with Crippen molar-refractivity contribution in [2.24, 2.45) is 0 Å². The van der Waals surface area contributed by atoms with E-state index in [2.05, 4.69) is 65.6 Å². The molecule has 1 N–H and O–H groups in total. The van der Waals surface area contributed by atoms with Gasteiger partial charge in [0.15, 0.2) is 0 Å². The Bertz CT molecular complexity index is 794. The summed E-state index contributed by atoms with van der Waals surface area (Å²) in [5.41, 5.74) is 5.05. The van der Waals surface area contributed by atoms with E-state index in [9.17, 15) is 4.79 Å². The summed E-state index contributed by atoms with van der Waals surface area (Å²) in [4.78, 5) is 12.5. The van der Waals surface area contributed by atoms with Gasteiger partial charge in [0.05, 0.1) is 0 Å². The van der Waals surface area contributed by atoms with E-state index in [4.69, 9.17) is 4.74 Å². The molecular formula is C23H25NO2S. The summed E-state index contributed by atoms with van der Waals surface area (Å²) in [5, 5.41) is 4.58. The Morgan fingerprint density at radius 2 is 1.56 bits per heavy atom. The number of carbonyl (C=O) groups excluding carboxylic acids is 1. The van der Waals surface area contributed by atoms with Crippen LogP contribution in [0.3, 0.4) is 0 Å². The Hall–Kier alpha value is -1.94. The predicted molar refractivity (Wildman–Crippen MR) is 110 cm³/mol. The van der Waals surface area contributed by atoms with Crippen LogP contribution >= 0.6 is 11.8 Å². The Morgan fingerprint density at radius 3 is 2.19 bits per heavy atom. The molecule has 2 fully saturated rings. The fourth-order valence-corrected chi connectivity index (χ4v) is 6.82. The number of benzene rings is 2. The van der Waals surface area contributed by atoms with Gasteiger partial charge in [-0.25, -0.2) is 4.79 Å². The van der Waals surface area contributed by atoms with Gasteiger partial charge in [0.1, 0.15) is 6.61 Å². The van der Waals surface area contributed by atoms with Crippen LogP contribution in [0.25, 0.3) is 11.1 Å². The number of nitrogens with one attached hydrogen (secondary N) is 1. The van der Waals surface area contributed by atoms with E-state index in [1.807, 2.05) is 0 Å². The van der Waals surface area contributed by atoms with Crippen LogP contribution in [0, 0.1) is 0 Å². The fourth-order valence-electron chi connectivity index (χ4n) is 4.98. The first-order valence-corrected chi connectivity index (χ1v) is 11.0. The van der Waals surface area contributed by atoms with E-state index in [0.29, 0.717) is 6.61 Å². The number of rotatable bonds is 3.